The number of nitrogens with zero attached hydrogens (tertiary/aromatic N) is 3. The maximum Gasteiger partial charge on any atom is 0.0671 e. The molecule has 4 nitrogen and oxygen atoms in total. The van der Waals surface area contributed by atoms with Gasteiger partial charge in [-0.2, -0.15) is 5.26 Å². The van der Waals surface area contributed by atoms with Crippen molar-refractivity contribution in [1.29, 1.82) is 5.26 Å². The van der Waals surface area contributed by atoms with Gasteiger partial charge in [0.15, 0.2) is 0 Å². The lowest BCUT2D eigenvalue weighted by Gasteiger charge is -2.26. The Bertz CT molecular complexity index is 615. The molecule has 4 heteroatoms. The summed E-state index contributed by atoms with van der Waals surface area (Å²) in [6, 6.07) is 8.22. The Morgan fingerprint density at radius 2 is 2.21 bits per heavy atom. The van der Waals surface area contributed by atoms with E-state index in [9.17, 15) is 0 Å². The summed E-state index contributed by atoms with van der Waals surface area (Å²) in [7, 11) is 0. The number of nitriles is 1. The van der Waals surface area contributed by atoms with Crippen molar-refractivity contribution in [3.05, 3.63) is 30.6 Å². The van der Waals surface area contributed by atoms with Crippen LogP contribution in [0.25, 0.3) is 10.8 Å². The van der Waals surface area contributed by atoms with Gasteiger partial charge in [0, 0.05) is 36.3 Å². The van der Waals surface area contributed by atoms with Crippen LogP contribution in [0.5, 0.6) is 0 Å². The molecular formula is C15H18N4. The van der Waals surface area contributed by atoms with E-state index in [0.717, 1.165) is 28.7 Å². The fourth-order valence-electron chi connectivity index (χ4n) is 2.23. The van der Waals surface area contributed by atoms with E-state index in [2.05, 4.69) is 22.9 Å². The highest BCUT2D eigenvalue weighted by Gasteiger charge is 2.13. The number of hydrogen-bond acceptors (Lipinski definition) is 4. The first-order valence-corrected chi connectivity index (χ1v) is 6.44. The highest BCUT2D eigenvalue weighted by molar-refractivity contribution is 5.98. The SMILES string of the molecule is CCN(CC(C)C#N)c1ccc2cnccc2c1N. The molecule has 0 amide bonds. The highest BCUT2D eigenvalue weighted by Crippen LogP contribution is 2.31. The number of nitrogens with two attached hydrogens (primary N) is 1. The van der Waals surface area contributed by atoms with Gasteiger partial charge in [-0.3, -0.25) is 4.98 Å². The zero-order valence-electron chi connectivity index (χ0n) is 11.3. The van der Waals surface area contributed by atoms with Crippen molar-refractivity contribution < 1.29 is 0 Å². The van der Waals surface area contributed by atoms with Crippen molar-refractivity contribution in [3.63, 3.8) is 0 Å². The van der Waals surface area contributed by atoms with Crippen LogP contribution in [0.3, 0.4) is 0 Å². The summed E-state index contributed by atoms with van der Waals surface area (Å²) in [5.74, 6) is -0.0208. The van der Waals surface area contributed by atoms with Gasteiger partial charge in [-0.15, -0.1) is 0 Å². The van der Waals surface area contributed by atoms with Crippen LogP contribution in [0, 0.1) is 17.2 Å². The number of fused-ring (bicyclic) bond motifs is 1. The summed E-state index contributed by atoms with van der Waals surface area (Å²) in [5, 5.41) is 11.0. The summed E-state index contributed by atoms with van der Waals surface area (Å²) < 4.78 is 0. The predicted octanol–water partition coefficient (Wildman–Crippen LogP) is 2.80. The first kappa shape index (κ1) is 13.2. The molecular weight excluding hydrogens is 236 g/mol. The van der Waals surface area contributed by atoms with Crippen LogP contribution >= 0.6 is 0 Å². The number of aromatic nitrogens is 1. The van der Waals surface area contributed by atoms with E-state index in [1.165, 1.54) is 0 Å². The molecule has 2 rings (SSSR count). The van der Waals surface area contributed by atoms with Gasteiger partial charge < -0.3 is 10.6 Å². The second kappa shape index (κ2) is 5.57. The molecule has 0 radical (unpaired) electrons. The lowest BCUT2D eigenvalue weighted by atomic mass is 10.1. The average molecular weight is 254 g/mol. The normalized spacial score (nSPS) is 12.1. The minimum atomic E-state index is -0.0208. The summed E-state index contributed by atoms with van der Waals surface area (Å²) in [4.78, 5) is 6.24. The van der Waals surface area contributed by atoms with E-state index in [-0.39, 0.29) is 5.92 Å². The van der Waals surface area contributed by atoms with E-state index >= 15 is 0 Å². The molecule has 0 fully saturated rings. The Hall–Kier alpha value is -2.28. The predicted molar refractivity (Wildman–Crippen MR) is 78.8 cm³/mol. The zero-order chi connectivity index (χ0) is 13.8. The number of benzene rings is 1. The summed E-state index contributed by atoms with van der Waals surface area (Å²) >= 11 is 0. The van der Waals surface area contributed by atoms with Crippen molar-refractivity contribution in [3.8, 4) is 6.07 Å². The number of anilines is 2. The molecule has 0 bridgehead atoms. The molecule has 0 aliphatic rings. The molecule has 0 aliphatic heterocycles. The van der Waals surface area contributed by atoms with Crippen LogP contribution in [-0.4, -0.2) is 18.1 Å². The van der Waals surface area contributed by atoms with Gasteiger partial charge in [-0.25, -0.2) is 0 Å². The molecule has 0 spiro atoms. The number of rotatable bonds is 4. The molecule has 1 atom stereocenters. The fraction of sp³-hybridized carbons (Fsp3) is 0.333. The first-order chi connectivity index (χ1) is 9.17. The molecule has 2 aromatic rings. The Labute approximate surface area is 113 Å². The molecule has 1 heterocycles. The van der Waals surface area contributed by atoms with Gasteiger partial charge in [0.1, 0.15) is 0 Å². The summed E-state index contributed by atoms with van der Waals surface area (Å²) in [6.45, 7) is 5.50. The number of hydrogen-bond donors (Lipinski definition) is 1. The molecule has 2 N–H and O–H groups in total. The Morgan fingerprint density at radius 1 is 1.42 bits per heavy atom. The lowest BCUT2D eigenvalue weighted by Crippen LogP contribution is -2.28. The third-order valence-electron chi connectivity index (χ3n) is 3.28. The topological polar surface area (TPSA) is 65.9 Å². The minimum absolute atomic E-state index is 0.0208. The Morgan fingerprint density at radius 3 is 2.89 bits per heavy atom. The van der Waals surface area contributed by atoms with Crippen LogP contribution in [0.15, 0.2) is 30.6 Å². The Balaban J connectivity index is 2.44. The Kier molecular flexibility index (Phi) is 3.86. The van der Waals surface area contributed by atoms with Crippen molar-refractivity contribution in [1.82, 2.24) is 4.98 Å². The van der Waals surface area contributed by atoms with Crippen LogP contribution in [0.2, 0.25) is 0 Å². The van der Waals surface area contributed by atoms with Gasteiger partial charge in [-0.05, 0) is 26.0 Å². The van der Waals surface area contributed by atoms with Crippen molar-refractivity contribution in [2.45, 2.75) is 13.8 Å². The summed E-state index contributed by atoms with van der Waals surface area (Å²) in [5.41, 5.74) is 8.01. The quantitative estimate of drug-likeness (QED) is 0.852. The highest BCUT2D eigenvalue weighted by atomic mass is 15.1. The van der Waals surface area contributed by atoms with Crippen molar-refractivity contribution in [2.24, 2.45) is 5.92 Å². The van der Waals surface area contributed by atoms with Crippen molar-refractivity contribution >= 4 is 22.1 Å². The average Bonchev–Trinajstić information content (AvgIpc) is 2.45. The second-order valence-corrected chi connectivity index (χ2v) is 4.66. The monoisotopic (exact) mass is 254 g/mol. The maximum atomic E-state index is 8.95. The van der Waals surface area contributed by atoms with E-state index < -0.39 is 0 Å². The minimum Gasteiger partial charge on any atom is -0.397 e. The molecule has 1 unspecified atom stereocenters. The maximum absolute atomic E-state index is 8.95. The van der Waals surface area contributed by atoms with Crippen molar-refractivity contribution in [2.75, 3.05) is 23.7 Å². The van der Waals surface area contributed by atoms with Gasteiger partial charge >= 0.3 is 0 Å². The van der Waals surface area contributed by atoms with Gasteiger partial charge in [0.2, 0.25) is 0 Å². The second-order valence-electron chi connectivity index (χ2n) is 4.66. The van der Waals surface area contributed by atoms with Crippen LogP contribution < -0.4 is 10.6 Å². The van der Waals surface area contributed by atoms with Crippen LogP contribution in [0.1, 0.15) is 13.8 Å². The largest absolute Gasteiger partial charge is 0.397 e. The third-order valence-corrected chi connectivity index (χ3v) is 3.28. The van der Waals surface area contributed by atoms with Crippen LogP contribution in [-0.2, 0) is 0 Å². The number of pyridine rings is 1. The van der Waals surface area contributed by atoms with Gasteiger partial charge in [0.25, 0.3) is 0 Å². The van der Waals surface area contributed by atoms with Gasteiger partial charge in [-0.1, -0.05) is 6.07 Å². The van der Waals surface area contributed by atoms with E-state index in [1.54, 1.807) is 6.20 Å². The fourth-order valence-corrected chi connectivity index (χ4v) is 2.23. The standard InChI is InChI=1S/C15H18N4/c1-3-19(10-11(2)8-16)14-5-4-12-9-18-7-6-13(12)15(14)17/h4-7,9,11H,3,10,17H2,1-2H3. The molecule has 98 valence electrons. The van der Waals surface area contributed by atoms with E-state index in [0.29, 0.717) is 6.54 Å². The molecule has 1 aromatic heterocycles. The zero-order valence-corrected chi connectivity index (χ0v) is 11.3. The first-order valence-electron chi connectivity index (χ1n) is 6.44. The smallest absolute Gasteiger partial charge is 0.0671 e. The molecule has 1 aromatic carbocycles. The van der Waals surface area contributed by atoms with Crippen LogP contribution in [0.4, 0.5) is 11.4 Å². The summed E-state index contributed by atoms with van der Waals surface area (Å²) in [6.07, 6.45) is 3.56. The molecule has 0 saturated carbocycles. The van der Waals surface area contributed by atoms with E-state index in [1.807, 2.05) is 31.3 Å². The molecule has 0 aliphatic carbocycles. The number of nitrogen functional groups attached to an aromatic ring is 1. The molecule has 19 heavy (non-hydrogen) atoms. The third kappa shape index (κ3) is 2.60. The molecule has 0 saturated heterocycles. The lowest BCUT2D eigenvalue weighted by molar-refractivity contribution is 0.687. The van der Waals surface area contributed by atoms with E-state index in [4.69, 9.17) is 11.0 Å². The van der Waals surface area contributed by atoms with Gasteiger partial charge in [0.05, 0.1) is 23.4 Å².